The Bertz CT molecular complexity index is 1240. The van der Waals surface area contributed by atoms with Crippen molar-refractivity contribution in [2.75, 3.05) is 14.2 Å². The third-order valence-electron chi connectivity index (χ3n) is 4.56. The fraction of sp³-hybridized carbons (Fsp3) is 0.0833. The van der Waals surface area contributed by atoms with Gasteiger partial charge in [-0.15, -0.1) is 22.7 Å². The molecule has 0 fully saturated rings. The number of thiophene rings is 2. The second-order valence-electron chi connectivity index (χ2n) is 6.48. The van der Waals surface area contributed by atoms with Crippen molar-refractivity contribution >= 4 is 66.4 Å². The SMILES string of the molecule is COC(=O)C(=C\c1cc2ccccc2s1)/C=C(/C(=O)OC)c1cc2ccccc2s1. The van der Waals surface area contributed by atoms with Gasteiger partial charge in [-0.1, -0.05) is 36.4 Å². The normalized spacial score (nSPS) is 12.3. The highest BCUT2D eigenvalue weighted by Crippen LogP contribution is 2.33. The first-order chi connectivity index (χ1) is 14.6. The van der Waals surface area contributed by atoms with Crippen molar-refractivity contribution in [3.05, 3.63) is 82.1 Å². The molecule has 0 saturated heterocycles. The van der Waals surface area contributed by atoms with Crippen LogP contribution in [-0.4, -0.2) is 26.2 Å². The number of carbonyl (C=O) groups is 2. The second kappa shape index (κ2) is 8.65. The third kappa shape index (κ3) is 4.06. The molecule has 0 amide bonds. The molecule has 2 aromatic carbocycles. The van der Waals surface area contributed by atoms with E-state index in [0.29, 0.717) is 5.57 Å². The number of benzene rings is 2. The van der Waals surface area contributed by atoms with Crippen molar-refractivity contribution in [2.45, 2.75) is 0 Å². The summed E-state index contributed by atoms with van der Waals surface area (Å²) in [7, 11) is 2.66. The topological polar surface area (TPSA) is 52.6 Å². The van der Waals surface area contributed by atoms with Crippen LogP contribution in [0.5, 0.6) is 0 Å². The molecule has 0 N–H and O–H groups in total. The molecular weight excluding hydrogens is 416 g/mol. The largest absolute Gasteiger partial charge is 0.465 e. The molecule has 0 aliphatic carbocycles. The molecule has 0 aliphatic rings. The van der Waals surface area contributed by atoms with E-state index in [9.17, 15) is 9.59 Å². The molecule has 4 rings (SSSR count). The van der Waals surface area contributed by atoms with Gasteiger partial charge >= 0.3 is 11.9 Å². The van der Waals surface area contributed by atoms with Gasteiger partial charge in [-0.05, 0) is 47.2 Å². The molecular formula is C24H18O4S2. The van der Waals surface area contributed by atoms with E-state index in [2.05, 4.69) is 0 Å². The molecule has 0 saturated carbocycles. The summed E-state index contributed by atoms with van der Waals surface area (Å²) in [5, 5.41) is 2.13. The number of esters is 2. The highest BCUT2D eigenvalue weighted by Gasteiger charge is 2.19. The average Bonchev–Trinajstić information content (AvgIpc) is 3.38. The Kier molecular flexibility index (Phi) is 5.79. The molecule has 2 heterocycles. The Hall–Kier alpha value is -3.22. The summed E-state index contributed by atoms with van der Waals surface area (Å²) in [5.74, 6) is -1.03. The number of fused-ring (bicyclic) bond motifs is 2. The van der Waals surface area contributed by atoms with Crippen LogP contribution >= 0.6 is 22.7 Å². The van der Waals surface area contributed by atoms with E-state index in [-0.39, 0.29) is 5.57 Å². The summed E-state index contributed by atoms with van der Waals surface area (Å²) in [5.41, 5.74) is 0.596. The monoisotopic (exact) mass is 434 g/mol. The van der Waals surface area contributed by atoms with Crippen LogP contribution in [0.4, 0.5) is 0 Å². The summed E-state index contributed by atoms with van der Waals surface area (Å²) in [6.45, 7) is 0. The van der Waals surface area contributed by atoms with Crippen molar-refractivity contribution < 1.29 is 19.1 Å². The van der Waals surface area contributed by atoms with Crippen LogP contribution in [0, 0.1) is 0 Å². The van der Waals surface area contributed by atoms with Crippen LogP contribution in [0.15, 0.2) is 72.3 Å². The molecule has 4 nitrogen and oxygen atoms in total. The predicted octanol–water partition coefficient (Wildman–Crippen LogP) is 5.93. The molecule has 150 valence electrons. The van der Waals surface area contributed by atoms with Crippen LogP contribution in [0.2, 0.25) is 0 Å². The van der Waals surface area contributed by atoms with Crippen molar-refractivity contribution in [1.29, 1.82) is 0 Å². The minimum absolute atomic E-state index is 0.280. The molecule has 0 aliphatic heterocycles. The lowest BCUT2D eigenvalue weighted by Gasteiger charge is -2.05. The second-order valence-corrected chi connectivity index (χ2v) is 8.68. The summed E-state index contributed by atoms with van der Waals surface area (Å²) in [6.07, 6.45) is 3.29. The fourth-order valence-electron chi connectivity index (χ4n) is 3.11. The van der Waals surface area contributed by atoms with Crippen molar-refractivity contribution in [2.24, 2.45) is 0 Å². The van der Waals surface area contributed by atoms with E-state index in [4.69, 9.17) is 9.47 Å². The maximum Gasteiger partial charge on any atom is 0.339 e. The van der Waals surface area contributed by atoms with Gasteiger partial charge in [0.15, 0.2) is 0 Å². The van der Waals surface area contributed by atoms with Gasteiger partial charge in [0.2, 0.25) is 0 Å². The van der Waals surface area contributed by atoms with Gasteiger partial charge in [0, 0.05) is 19.2 Å². The van der Waals surface area contributed by atoms with E-state index in [1.54, 1.807) is 23.5 Å². The Labute approximate surface area is 181 Å². The summed E-state index contributed by atoms with van der Waals surface area (Å²) >= 11 is 3.04. The minimum Gasteiger partial charge on any atom is -0.465 e. The highest BCUT2D eigenvalue weighted by molar-refractivity contribution is 7.20. The van der Waals surface area contributed by atoms with Gasteiger partial charge in [-0.2, -0.15) is 0 Å². The van der Waals surface area contributed by atoms with Crippen molar-refractivity contribution in [3.63, 3.8) is 0 Å². The highest BCUT2D eigenvalue weighted by atomic mass is 32.1. The summed E-state index contributed by atoms with van der Waals surface area (Å²) < 4.78 is 12.1. The zero-order valence-electron chi connectivity index (χ0n) is 16.4. The van der Waals surface area contributed by atoms with Crippen LogP contribution in [0.25, 0.3) is 31.8 Å². The maximum absolute atomic E-state index is 12.6. The minimum atomic E-state index is -0.519. The zero-order valence-corrected chi connectivity index (χ0v) is 18.0. The third-order valence-corrected chi connectivity index (χ3v) is 6.77. The molecule has 0 unspecified atom stereocenters. The van der Waals surface area contributed by atoms with Crippen LogP contribution in [0.3, 0.4) is 0 Å². The molecule has 30 heavy (non-hydrogen) atoms. The first kappa shape index (κ1) is 20.1. The van der Waals surface area contributed by atoms with Gasteiger partial charge in [-0.25, -0.2) is 9.59 Å². The standard InChI is InChI=1S/C24H18O4S2/c1-27-23(25)17(12-18-11-15-7-3-5-9-20(15)29-18)13-19(24(26)28-2)22-14-16-8-4-6-10-21(16)30-22/h3-14H,1-2H3/b17-12-,19-13+. The fourth-order valence-corrected chi connectivity index (χ4v) is 5.20. The van der Waals surface area contributed by atoms with Crippen molar-refractivity contribution in [3.8, 4) is 0 Å². The van der Waals surface area contributed by atoms with Gasteiger partial charge in [0.1, 0.15) is 0 Å². The average molecular weight is 435 g/mol. The van der Waals surface area contributed by atoms with Gasteiger partial charge in [0.25, 0.3) is 0 Å². The number of methoxy groups -OCH3 is 2. The number of rotatable bonds is 5. The van der Waals surface area contributed by atoms with E-state index in [0.717, 1.165) is 29.9 Å². The van der Waals surface area contributed by atoms with Crippen molar-refractivity contribution in [1.82, 2.24) is 0 Å². The molecule has 4 aromatic rings. The number of hydrogen-bond acceptors (Lipinski definition) is 6. The van der Waals surface area contributed by atoms with Gasteiger partial charge in [0.05, 0.1) is 25.4 Å². The maximum atomic E-state index is 12.6. The summed E-state index contributed by atoms with van der Waals surface area (Å²) in [6, 6.07) is 19.8. The number of hydrogen-bond donors (Lipinski definition) is 0. The van der Waals surface area contributed by atoms with Gasteiger partial charge in [-0.3, -0.25) is 0 Å². The molecule has 2 aromatic heterocycles. The lowest BCUT2D eigenvalue weighted by Crippen LogP contribution is -2.07. The first-order valence-corrected chi connectivity index (χ1v) is 10.8. The van der Waals surface area contributed by atoms with Crippen LogP contribution in [0.1, 0.15) is 9.75 Å². The Balaban J connectivity index is 1.84. The molecule has 6 heteroatoms. The van der Waals surface area contributed by atoms with E-state index >= 15 is 0 Å². The Morgan fingerprint density at radius 3 is 2.00 bits per heavy atom. The lowest BCUT2D eigenvalue weighted by molar-refractivity contribution is -0.135. The Morgan fingerprint density at radius 1 is 0.800 bits per heavy atom. The number of carbonyl (C=O) groups excluding carboxylic acids is 2. The zero-order chi connectivity index (χ0) is 21.1. The van der Waals surface area contributed by atoms with Crippen LogP contribution < -0.4 is 0 Å². The van der Waals surface area contributed by atoms with E-state index < -0.39 is 11.9 Å². The molecule has 0 spiro atoms. The molecule has 0 atom stereocenters. The van der Waals surface area contributed by atoms with E-state index in [1.807, 2.05) is 60.7 Å². The Morgan fingerprint density at radius 2 is 1.40 bits per heavy atom. The molecule has 0 radical (unpaired) electrons. The van der Waals surface area contributed by atoms with E-state index in [1.165, 1.54) is 25.6 Å². The quantitative estimate of drug-likeness (QED) is 0.222. The lowest BCUT2D eigenvalue weighted by atomic mass is 10.1. The smallest absolute Gasteiger partial charge is 0.339 e. The number of ether oxygens (including phenoxy) is 2. The molecule has 0 bridgehead atoms. The summed E-state index contributed by atoms with van der Waals surface area (Å²) in [4.78, 5) is 26.7. The predicted molar refractivity (Wildman–Crippen MR) is 124 cm³/mol. The van der Waals surface area contributed by atoms with Crippen LogP contribution in [-0.2, 0) is 19.1 Å². The van der Waals surface area contributed by atoms with Gasteiger partial charge < -0.3 is 9.47 Å². The first-order valence-electron chi connectivity index (χ1n) is 9.16.